The monoisotopic (exact) mass is 285 g/mol. The maximum Gasteiger partial charge on any atom is 0.230 e. The van der Waals surface area contributed by atoms with Crippen LogP contribution in [0.2, 0.25) is 0 Å². The van der Waals surface area contributed by atoms with Gasteiger partial charge in [0.05, 0.1) is 13.3 Å². The van der Waals surface area contributed by atoms with Crippen LogP contribution in [0.15, 0.2) is 41.1 Å². The predicted molar refractivity (Wildman–Crippen MR) is 75.1 cm³/mol. The molecule has 0 unspecified atom stereocenters. The molecule has 0 aliphatic carbocycles. The maximum absolute atomic E-state index is 13.3. The molecule has 0 saturated carbocycles. The zero-order valence-corrected chi connectivity index (χ0v) is 11.5. The lowest BCUT2D eigenvalue weighted by Gasteiger charge is -2.02. The van der Waals surface area contributed by atoms with Crippen LogP contribution in [0.3, 0.4) is 0 Å². The molecule has 5 heteroatoms. The number of ether oxygens (including phenoxy) is 1. The molecule has 0 N–H and O–H groups in total. The lowest BCUT2D eigenvalue weighted by atomic mass is 10.1. The first-order valence-electron chi connectivity index (χ1n) is 6.32. The Morgan fingerprint density at radius 1 is 1.29 bits per heavy atom. The summed E-state index contributed by atoms with van der Waals surface area (Å²) in [5.41, 5.74) is 1.45. The maximum atomic E-state index is 13.3. The third-order valence-electron chi connectivity index (χ3n) is 3.32. The predicted octanol–water partition coefficient (Wildman–Crippen LogP) is 3.51. The van der Waals surface area contributed by atoms with Crippen LogP contribution >= 0.6 is 0 Å². The minimum Gasteiger partial charge on any atom is -0.495 e. The van der Waals surface area contributed by atoms with Crippen LogP contribution in [-0.2, 0) is 0 Å². The number of nitrogens with zero attached hydrogens (tertiary/aromatic N) is 1. The summed E-state index contributed by atoms with van der Waals surface area (Å²) in [5.74, 6) is -0.00438. The number of carbonyl (C=O) groups excluding carboxylic acids is 1. The summed E-state index contributed by atoms with van der Waals surface area (Å²) < 4.78 is 23.9. The van der Waals surface area contributed by atoms with Crippen LogP contribution < -0.4 is 4.74 Å². The summed E-state index contributed by atoms with van der Waals surface area (Å²) in [6.07, 6.45) is 2.95. The van der Waals surface area contributed by atoms with Gasteiger partial charge >= 0.3 is 0 Å². The van der Waals surface area contributed by atoms with Crippen molar-refractivity contribution in [1.82, 2.24) is 4.98 Å². The van der Waals surface area contributed by atoms with E-state index >= 15 is 0 Å². The number of benzene rings is 1. The van der Waals surface area contributed by atoms with Gasteiger partial charge in [-0.25, -0.2) is 4.39 Å². The topological polar surface area (TPSA) is 52.3 Å². The van der Waals surface area contributed by atoms with E-state index in [0.29, 0.717) is 27.8 Å². The summed E-state index contributed by atoms with van der Waals surface area (Å²) in [7, 11) is 1.50. The summed E-state index contributed by atoms with van der Waals surface area (Å²) >= 11 is 0. The second-order valence-electron chi connectivity index (χ2n) is 4.64. The highest BCUT2D eigenvalue weighted by molar-refractivity contribution is 6.10. The van der Waals surface area contributed by atoms with Crippen molar-refractivity contribution in [2.24, 2.45) is 0 Å². The lowest BCUT2D eigenvalue weighted by Crippen LogP contribution is -2.02. The molecular formula is C16H12FNO3. The molecule has 1 aromatic carbocycles. The Labute approximate surface area is 120 Å². The highest BCUT2D eigenvalue weighted by Gasteiger charge is 2.20. The minimum atomic E-state index is -0.367. The first-order chi connectivity index (χ1) is 10.1. The zero-order chi connectivity index (χ0) is 15.0. The van der Waals surface area contributed by atoms with Crippen LogP contribution in [0.4, 0.5) is 4.39 Å². The van der Waals surface area contributed by atoms with Gasteiger partial charge < -0.3 is 9.15 Å². The molecule has 0 atom stereocenters. The van der Waals surface area contributed by atoms with E-state index in [-0.39, 0.29) is 17.4 Å². The molecule has 0 saturated heterocycles. The van der Waals surface area contributed by atoms with Crippen molar-refractivity contribution in [2.45, 2.75) is 6.92 Å². The number of carbonyl (C=O) groups is 1. The molecule has 0 radical (unpaired) electrons. The number of fused-ring (bicyclic) bond motifs is 1. The number of hydrogen-bond donors (Lipinski definition) is 0. The van der Waals surface area contributed by atoms with Crippen LogP contribution in [0.1, 0.15) is 21.7 Å². The number of furan rings is 1. The van der Waals surface area contributed by atoms with Crippen molar-refractivity contribution in [3.05, 3.63) is 59.4 Å². The van der Waals surface area contributed by atoms with Gasteiger partial charge in [-0.2, -0.15) is 0 Å². The molecule has 0 spiro atoms. The summed E-state index contributed by atoms with van der Waals surface area (Å²) in [4.78, 5) is 16.5. The van der Waals surface area contributed by atoms with E-state index < -0.39 is 0 Å². The van der Waals surface area contributed by atoms with E-state index in [1.807, 2.05) is 0 Å². The van der Waals surface area contributed by atoms with Crippen molar-refractivity contribution in [3.8, 4) is 5.75 Å². The summed E-state index contributed by atoms with van der Waals surface area (Å²) in [6.45, 7) is 1.73. The van der Waals surface area contributed by atoms with Crippen LogP contribution in [0.25, 0.3) is 11.0 Å². The fourth-order valence-corrected chi connectivity index (χ4v) is 2.20. The van der Waals surface area contributed by atoms with Crippen LogP contribution in [0.5, 0.6) is 5.75 Å². The van der Waals surface area contributed by atoms with Crippen molar-refractivity contribution in [2.75, 3.05) is 7.11 Å². The Morgan fingerprint density at radius 2 is 2.10 bits per heavy atom. The van der Waals surface area contributed by atoms with Gasteiger partial charge in [0.1, 0.15) is 17.1 Å². The Morgan fingerprint density at radius 3 is 2.86 bits per heavy atom. The second-order valence-corrected chi connectivity index (χ2v) is 4.64. The first kappa shape index (κ1) is 13.3. The highest BCUT2D eigenvalue weighted by atomic mass is 19.1. The van der Waals surface area contributed by atoms with Gasteiger partial charge in [-0.05, 0) is 31.2 Å². The number of ketones is 1. The number of rotatable bonds is 3. The van der Waals surface area contributed by atoms with Gasteiger partial charge in [0, 0.05) is 22.7 Å². The fraction of sp³-hybridized carbons (Fsp3) is 0.125. The smallest absolute Gasteiger partial charge is 0.230 e. The van der Waals surface area contributed by atoms with E-state index in [2.05, 4.69) is 4.98 Å². The minimum absolute atomic E-state index is 0.186. The van der Waals surface area contributed by atoms with Gasteiger partial charge in [-0.1, -0.05) is 0 Å². The average molecular weight is 285 g/mol. The number of pyridine rings is 1. The SMILES string of the molecule is COc1cncc(C(=O)c2oc3ccc(F)cc3c2C)c1. The standard InChI is InChI=1S/C16H12FNO3/c1-9-13-6-11(17)3-4-14(13)21-16(9)15(19)10-5-12(20-2)8-18-7-10/h3-8H,1-2H3. The third kappa shape index (κ3) is 2.27. The molecule has 106 valence electrons. The Bertz CT molecular complexity index is 839. The van der Waals surface area contributed by atoms with Gasteiger partial charge in [0.15, 0.2) is 5.76 Å². The van der Waals surface area contributed by atoms with Gasteiger partial charge in [0.25, 0.3) is 0 Å². The van der Waals surface area contributed by atoms with Crippen molar-refractivity contribution >= 4 is 16.8 Å². The molecular weight excluding hydrogens is 273 g/mol. The first-order valence-corrected chi connectivity index (χ1v) is 6.32. The number of hydrogen-bond acceptors (Lipinski definition) is 4. The van der Waals surface area contributed by atoms with Crippen LogP contribution in [0, 0.1) is 12.7 Å². The molecule has 2 aromatic heterocycles. The normalized spacial score (nSPS) is 10.8. The molecule has 4 nitrogen and oxygen atoms in total. The zero-order valence-electron chi connectivity index (χ0n) is 11.5. The Kier molecular flexibility index (Phi) is 3.17. The third-order valence-corrected chi connectivity index (χ3v) is 3.32. The molecule has 21 heavy (non-hydrogen) atoms. The van der Waals surface area contributed by atoms with Crippen molar-refractivity contribution in [3.63, 3.8) is 0 Å². The molecule has 0 bridgehead atoms. The second kappa shape index (κ2) is 5.01. The van der Waals surface area contributed by atoms with Crippen molar-refractivity contribution in [1.29, 1.82) is 0 Å². The summed E-state index contributed by atoms with van der Waals surface area (Å²) in [6, 6.07) is 5.75. The quantitative estimate of drug-likeness (QED) is 0.691. The van der Waals surface area contributed by atoms with E-state index in [1.54, 1.807) is 13.0 Å². The summed E-state index contributed by atoms with van der Waals surface area (Å²) in [5, 5.41) is 0.592. The molecule has 3 rings (SSSR count). The number of aryl methyl sites for hydroxylation is 1. The molecule has 0 aliphatic heterocycles. The number of methoxy groups -OCH3 is 1. The average Bonchev–Trinajstić information content (AvgIpc) is 2.83. The Hall–Kier alpha value is -2.69. The van der Waals surface area contributed by atoms with Crippen LogP contribution in [-0.4, -0.2) is 17.9 Å². The molecule has 0 fully saturated rings. The van der Waals surface area contributed by atoms with E-state index in [4.69, 9.17) is 9.15 Å². The Balaban J connectivity index is 2.11. The number of halogens is 1. The van der Waals surface area contributed by atoms with Gasteiger partial charge in [0.2, 0.25) is 5.78 Å². The highest BCUT2D eigenvalue weighted by Crippen LogP contribution is 2.28. The number of aromatic nitrogens is 1. The molecule has 0 aliphatic rings. The van der Waals surface area contributed by atoms with Crippen molar-refractivity contribution < 1.29 is 18.3 Å². The lowest BCUT2D eigenvalue weighted by molar-refractivity contribution is 0.101. The largest absolute Gasteiger partial charge is 0.495 e. The molecule has 0 amide bonds. The molecule has 3 aromatic rings. The molecule has 2 heterocycles. The van der Waals surface area contributed by atoms with E-state index in [1.165, 1.54) is 37.7 Å². The van der Waals surface area contributed by atoms with Gasteiger partial charge in [-0.3, -0.25) is 9.78 Å². The van der Waals surface area contributed by atoms with E-state index in [9.17, 15) is 9.18 Å². The van der Waals surface area contributed by atoms with E-state index in [0.717, 1.165) is 0 Å². The van der Waals surface area contributed by atoms with Gasteiger partial charge in [-0.15, -0.1) is 0 Å². The fourth-order valence-electron chi connectivity index (χ4n) is 2.20.